The molecular weight excluding hydrogens is 124 g/mol. The monoisotopic (exact) mass is 134 g/mol. The van der Waals surface area contributed by atoms with Gasteiger partial charge in [0.15, 0.2) is 0 Å². The van der Waals surface area contributed by atoms with Crippen LogP contribution >= 0.6 is 0 Å². The van der Waals surface area contributed by atoms with Crippen LogP contribution in [0.2, 0.25) is 0 Å². The molecule has 0 atom stereocenters. The molecule has 0 unspecified atom stereocenters. The number of rotatable bonds is 0. The standard InChI is InChI=1S/C8H10.N2/c1-7-4-3-5-8(2)6-7;1-2/h3-6H,1-2H3;. The molecule has 0 aliphatic heterocycles. The van der Waals surface area contributed by atoms with E-state index in [9.17, 15) is 0 Å². The average molecular weight is 134 g/mol. The van der Waals surface area contributed by atoms with Gasteiger partial charge in [-0.2, -0.15) is 0 Å². The van der Waals surface area contributed by atoms with Crippen molar-refractivity contribution < 1.29 is 0 Å². The van der Waals surface area contributed by atoms with Crippen LogP contribution in [0.1, 0.15) is 11.1 Å². The number of aryl methyl sites for hydroxylation is 2. The summed E-state index contributed by atoms with van der Waals surface area (Å²) in [5.74, 6) is 0. The summed E-state index contributed by atoms with van der Waals surface area (Å²) in [4.78, 5) is 0. The van der Waals surface area contributed by atoms with Gasteiger partial charge < -0.3 is 0 Å². The molecule has 0 saturated heterocycles. The molecule has 0 aliphatic rings. The van der Waals surface area contributed by atoms with Crippen molar-refractivity contribution in [3.63, 3.8) is 0 Å². The molecule has 0 fully saturated rings. The first-order valence-corrected chi connectivity index (χ1v) is 3.02. The van der Waals surface area contributed by atoms with E-state index in [0.29, 0.717) is 0 Å². The Morgan fingerprint density at radius 2 is 1.40 bits per heavy atom. The molecule has 2 nitrogen and oxygen atoms in total. The van der Waals surface area contributed by atoms with E-state index in [-0.39, 0.29) is 0 Å². The second-order valence-electron chi connectivity index (χ2n) is 2.16. The Morgan fingerprint density at radius 1 is 1.00 bits per heavy atom. The van der Waals surface area contributed by atoms with Gasteiger partial charge in [0.2, 0.25) is 0 Å². The highest BCUT2D eigenvalue weighted by atomic mass is 14.6. The van der Waals surface area contributed by atoms with Crippen molar-refractivity contribution >= 4 is 0 Å². The first kappa shape index (κ1) is 8.64. The fourth-order valence-corrected chi connectivity index (χ4v) is 0.807. The van der Waals surface area contributed by atoms with Gasteiger partial charge in [0.05, 0.1) is 0 Å². The molecule has 52 valence electrons. The largest absolute Gasteiger partial charge is 0.0617 e. The minimum Gasteiger partial charge on any atom is -0.0617 e. The lowest BCUT2D eigenvalue weighted by Gasteiger charge is -1.90. The highest BCUT2D eigenvalue weighted by Crippen LogP contribution is 2.00. The van der Waals surface area contributed by atoms with Gasteiger partial charge in [-0.1, -0.05) is 35.4 Å². The summed E-state index contributed by atoms with van der Waals surface area (Å²) in [6.45, 7) is 4.21. The molecule has 0 N–H and O–H groups in total. The van der Waals surface area contributed by atoms with Crippen molar-refractivity contribution in [2.75, 3.05) is 0 Å². The van der Waals surface area contributed by atoms with Gasteiger partial charge in [0.1, 0.15) is 0 Å². The third-order valence-electron chi connectivity index (χ3n) is 1.17. The Labute approximate surface area is 60.9 Å². The van der Waals surface area contributed by atoms with Gasteiger partial charge in [0.25, 0.3) is 0 Å². The van der Waals surface area contributed by atoms with Gasteiger partial charge in [-0.05, 0) is 13.8 Å². The molecule has 0 radical (unpaired) electrons. The Balaban J connectivity index is 0.000000371. The van der Waals surface area contributed by atoms with Crippen LogP contribution in [0.15, 0.2) is 24.3 Å². The SMILES string of the molecule is Cc1cccc(C)c1.N#N. The molecule has 0 saturated carbocycles. The second kappa shape index (κ2) is 4.51. The van der Waals surface area contributed by atoms with Gasteiger partial charge in [-0.3, -0.25) is 0 Å². The summed E-state index contributed by atoms with van der Waals surface area (Å²) in [7, 11) is 0. The lowest BCUT2D eigenvalue weighted by atomic mass is 10.2. The topological polar surface area (TPSA) is 47.6 Å². The molecular formula is C8H10N2. The molecule has 1 aromatic carbocycles. The molecule has 0 heterocycles. The van der Waals surface area contributed by atoms with Gasteiger partial charge in [0, 0.05) is 10.8 Å². The van der Waals surface area contributed by atoms with Crippen LogP contribution in [0.25, 0.3) is 0 Å². The Bertz CT molecular complexity index is 198. The van der Waals surface area contributed by atoms with Crippen molar-refractivity contribution in [1.29, 1.82) is 10.8 Å². The minimum absolute atomic E-state index is 1.34. The summed E-state index contributed by atoms with van der Waals surface area (Å²) in [6.07, 6.45) is 0. The van der Waals surface area contributed by atoms with Crippen molar-refractivity contribution in [2.24, 2.45) is 0 Å². The van der Waals surface area contributed by atoms with E-state index in [1.165, 1.54) is 11.1 Å². The molecule has 1 rings (SSSR count). The van der Waals surface area contributed by atoms with Gasteiger partial charge in [-0.15, -0.1) is 0 Å². The van der Waals surface area contributed by atoms with Crippen LogP contribution in [0.5, 0.6) is 0 Å². The van der Waals surface area contributed by atoms with E-state index in [4.69, 9.17) is 10.8 Å². The summed E-state index contributed by atoms with van der Waals surface area (Å²) >= 11 is 0. The summed E-state index contributed by atoms with van der Waals surface area (Å²) < 4.78 is 0. The smallest absolute Gasteiger partial charge is 0 e. The molecule has 1 aromatic rings. The quantitative estimate of drug-likeness (QED) is 0.511. The maximum atomic E-state index is 6.00. The second-order valence-corrected chi connectivity index (χ2v) is 2.16. The Kier molecular flexibility index (Phi) is 3.90. The van der Waals surface area contributed by atoms with Crippen LogP contribution in [-0.4, -0.2) is 0 Å². The lowest BCUT2D eigenvalue weighted by Crippen LogP contribution is -1.71. The predicted octanol–water partition coefficient (Wildman–Crippen LogP) is 2.33. The fraction of sp³-hybridized carbons (Fsp3) is 0.250. The van der Waals surface area contributed by atoms with Crippen LogP contribution in [-0.2, 0) is 0 Å². The summed E-state index contributed by atoms with van der Waals surface area (Å²) in [6, 6.07) is 8.45. The highest BCUT2D eigenvalue weighted by molar-refractivity contribution is 5.20. The van der Waals surface area contributed by atoms with Crippen molar-refractivity contribution in [3.05, 3.63) is 35.4 Å². The molecule has 0 bridgehead atoms. The predicted molar refractivity (Wildman–Crippen MR) is 39.4 cm³/mol. The van der Waals surface area contributed by atoms with E-state index in [1.54, 1.807) is 0 Å². The van der Waals surface area contributed by atoms with Crippen LogP contribution in [0.4, 0.5) is 0 Å². The maximum Gasteiger partial charge on any atom is 0 e. The van der Waals surface area contributed by atoms with Crippen LogP contribution in [0, 0.1) is 24.6 Å². The van der Waals surface area contributed by atoms with Crippen molar-refractivity contribution in [1.82, 2.24) is 0 Å². The first-order chi connectivity index (χ1) is 4.79. The zero-order chi connectivity index (χ0) is 7.98. The molecule has 0 amide bonds. The Morgan fingerprint density at radius 3 is 1.60 bits per heavy atom. The van der Waals surface area contributed by atoms with Crippen LogP contribution in [0.3, 0.4) is 0 Å². The third kappa shape index (κ3) is 2.83. The van der Waals surface area contributed by atoms with E-state index in [2.05, 4.69) is 38.1 Å². The van der Waals surface area contributed by atoms with Crippen LogP contribution < -0.4 is 0 Å². The zero-order valence-corrected chi connectivity index (χ0v) is 6.20. The van der Waals surface area contributed by atoms with Crippen molar-refractivity contribution in [2.45, 2.75) is 13.8 Å². The number of benzene rings is 1. The average Bonchev–Trinajstić information content (AvgIpc) is 1.91. The maximum absolute atomic E-state index is 6.00. The number of nitrogens with zero attached hydrogens (tertiary/aromatic N) is 2. The first-order valence-electron chi connectivity index (χ1n) is 3.02. The van der Waals surface area contributed by atoms with Gasteiger partial charge in [-0.25, -0.2) is 0 Å². The van der Waals surface area contributed by atoms with Gasteiger partial charge >= 0.3 is 0 Å². The van der Waals surface area contributed by atoms with E-state index < -0.39 is 0 Å². The van der Waals surface area contributed by atoms with Crippen molar-refractivity contribution in [3.8, 4) is 0 Å². The molecule has 0 aliphatic carbocycles. The van der Waals surface area contributed by atoms with E-state index in [0.717, 1.165) is 0 Å². The minimum atomic E-state index is 1.34. The molecule has 0 aromatic heterocycles. The zero-order valence-electron chi connectivity index (χ0n) is 6.20. The summed E-state index contributed by atoms with van der Waals surface area (Å²) in [5, 5.41) is 12.0. The molecule has 10 heavy (non-hydrogen) atoms. The lowest BCUT2D eigenvalue weighted by molar-refractivity contribution is 1.15. The normalized spacial score (nSPS) is 7.60. The van der Waals surface area contributed by atoms with E-state index in [1.807, 2.05) is 0 Å². The Hall–Kier alpha value is -1.36. The third-order valence-corrected chi connectivity index (χ3v) is 1.17. The van der Waals surface area contributed by atoms with E-state index >= 15 is 0 Å². The highest BCUT2D eigenvalue weighted by Gasteiger charge is 1.80. The molecule has 0 spiro atoms. The summed E-state index contributed by atoms with van der Waals surface area (Å²) in [5.41, 5.74) is 2.68. The number of hydrogen-bond donors (Lipinski definition) is 0. The molecule has 2 heteroatoms. The number of hydrogen-bond acceptors (Lipinski definition) is 2. The fourth-order valence-electron chi connectivity index (χ4n) is 0.807.